The number of carbonyl (C=O) groups excluding carboxylic acids is 1. The van der Waals surface area contributed by atoms with Crippen molar-refractivity contribution in [1.29, 1.82) is 0 Å². The SMILES string of the molecule is CC(C)(C)NC(=O)[C@H]1CSCN1S(=O)(=O)c1cc(F)ccc1Cl. The molecule has 0 unspecified atom stereocenters. The second-order valence-corrected chi connectivity index (χ2v) is 9.49. The van der Waals surface area contributed by atoms with E-state index in [1.165, 1.54) is 17.8 Å². The van der Waals surface area contributed by atoms with E-state index in [-0.39, 0.29) is 21.7 Å². The van der Waals surface area contributed by atoms with Crippen molar-refractivity contribution in [2.45, 2.75) is 37.2 Å². The molecular formula is C14H18ClFN2O3S2. The molecule has 1 atom stereocenters. The van der Waals surface area contributed by atoms with Gasteiger partial charge >= 0.3 is 0 Å². The molecule has 1 aliphatic heterocycles. The molecule has 0 aliphatic carbocycles. The van der Waals surface area contributed by atoms with Crippen molar-refractivity contribution in [1.82, 2.24) is 9.62 Å². The highest BCUT2D eigenvalue weighted by Gasteiger charge is 2.41. The van der Waals surface area contributed by atoms with Gasteiger partial charge in [0.05, 0.1) is 10.9 Å². The largest absolute Gasteiger partial charge is 0.350 e. The first kappa shape index (κ1) is 18.5. The molecule has 1 aromatic rings. The number of thioether (sulfide) groups is 1. The maximum Gasteiger partial charge on any atom is 0.246 e. The average Bonchev–Trinajstić information content (AvgIpc) is 2.89. The topological polar surface area (TPSA) is 66.5 Å². The summed E-state index contributed by atoms with van der Waals surface area (Å²) in [6.45, 7) is 5.44. The highest BCUT2D eigenvalue weighted by Crippen LogP contribution is 2.32. The fourth-order valence-electron chi connectivity index (χ4n) is 2.12. The van der Waals surface area contributed by atoms with E-state index >= 15 is 0 Å². The van der Waals surface area contributed by atoms with Crippen molar-refractivity contribution < 1.29 is 17.6 Å². The zero-order chi connectivity index (χ0) is 17.4. The minimum Gasteiger partial charge on any atom is -0.350 e. The van der Waals surface area contributed by atoms with Crippen LogP contribution in [0.25, 0.3) is 0 Å². The second kappa shape index (κ2) is 6.58. The molecular weight excluding hydrogens is 363 g/mol. The molecule has 23 heavy (non-hydrogen) atoms. The second-order valence-electron chi connectivity index (χ2n) is 6.22. The first-order valence-corrected chi connectivity index (χ1v) is 9.86. The van der Waals surface area contributed by atoms with Crippen LogP contribution in [0.2, 0.25) is 5.02 Å². The summed E-state index contributed by atoms with van der Waals surface area (Å²) in [5.74, 6) is -0.611. The third-order valence-corrected chi connectivity index (χ3v) is 6.63. The molecule has 1 saturated heterocycles. The molecule has 1 aromatic carbocycles. The summed E-state index contributed by atoms with van der Waals surface area (Å²) in [4.78, 5) is 12.0. The molecule has 9 heteroatoms. The van der Waals surface area contributed by atoms with Crippen LogP contribution in [0.15, 0.2) is 23.1 Å². The van der Waals surface area contributed by atoms with E-state index in [2.05, 4.69) is 5.32 Å². The highest BCUT2D eigenvalue weighted by molar-refractivity contribution is 8.00. The Morgan fingerprint density at radius 3 is 2.70 bits per heavy atom. The van der Waals surface area contributed by atoms with Crippen LogP contribution in [0, 0.1) is 5.82 Å². The first-order chi connectivity index (χ1) is 10.5. The molecule has 1 amide bonds. The van der Waals surface area contributed by atoms with Crippen molar-refractivity contribution in [2.75, 3.05) is 11.6 Å². The summed E-state index contributed by atoms with van der Waals surface area (Å²) in [6.07, 6.45) is 0. The maximum absolute atomic E-state index is 13.4. The number of nitrogens with zero attached hydrogens (tertiary/aromatic N) is 1. The van der Waals surface area contributed by atoms with Crippen molar-refractivity contribution in [3.05, 3.63) is 29.0 Å². The Morgan fingerprint density at radius 2 is 2.09 bits per heavy atom. The zero-order valence-electron chi connectivity index (χ0n) is 13.0. The van der Waals surface area contributed by atoms with E-state index in [4.69, 9.17) is 11.6 Å². The fraction of sp³-hybridized carbons (Fsp3) is 0.500. The molecule has 0 aromatic heterocycles. The summed E-state index contributed by atoms with van der Waals surface area (Å²) in [7, 11) is -4.06. The molecule has 1 aliphatic rings. The van der Waals surface area contributed by atoms with Gasteiger partial charge in [-0.25, -0.2) is 12.8 Å². The summed E-state index contributed by atoms with van der Waals surface area (Å²) in [5.41, 5.74) is -0.476. The van der Waals surface area contributed by atoms with Gasteiger partial charge in [-0.15, -0.1) is 11.8 Å². The number of carbonyl (C=O) groups is 1. The molecule has 2 rings (SSSR count). The van der Waals surface area contributed by atoms with E-state index in [1.807, 2.05) is 20.8 Å². The number of amides is 1. The third kappa shape index (κ3) is 4.17. The summed E-state index contributed by atoms with van der Waals surface area (Å²) in [5, 5.41) is 2.70. The Bertz CT molecular complexity index is 719. The number of halogens is 2. The van der Waals surface area contributed by atoms with Crippen LogP contribution in [0.3, 0.4) is 0 Å². The Labute approximate surface area is 144 Å². The molecule has 0 radical (unpaired) electrons. The van der Waals surface area contributed by atoms with Crippen LogP contribution >= 0.6 is 23.4 Å². The Morgan fingerprint density at radius 1 is 1.43 bits per heavy atom. The number of sulfonamides is 1. The lowest BCUT2D eigenvalue weighted by atomic mass is 10.1. The van der Waals surface area contributed by atoms with Gasteiger partial charge in [0.15, 0.2) is 0 Å². The van der Waals surface area contributed by atoms with Crippen molar-refractivity contribution in [2.24, 2.45) is 0 Å². The number of hydrogen-bond acceptors (Lipinski definition) is 4. The standard InChI is InChI=1S/C14H18ClFN2O3S2/c1-14(2,3)17-13(19)11-7-22-8-18(11)23(20,21)12-6-9(16)4-5-10(12)15/h4-6,11H,7-8H2,1-3H3,(H,17,19)/t11-/m1/s1. The van der Waals surface area contributed by atoms with Crippen molar-refractivity contribution >= 4 is 39.3 Å². The predicted molar refractivity (Wildman–Crippen MR) is 89.4 cm³/mol. The lowest BCUT2D eigenvalue weighted by Gasteiger charge is -2.27. The minimum atomic E-state index is -4.06. The van der Waals surface area contributed by atoms with Gasteiger partial charge in [-0.3, -0.25) is 4.79 Å². The van der Waals surface area contributed by atoms with E-state index in [1.54, 1.807) is 0 Å². The monoisotopic (exact) mass is 380 g/mol. The lowest BCUT2D eigenvalue weighted by molar-refractivity contribution is -0.125. The Kier molecular flexibility index (Phi) is 5.30. The number of benzene rings is 1. The van der Waals surface area contributed by atoms with E-state index in [0.29, 0.717) is 5.75 Å². The molecule has 1 heterocycles. The van der Waals surface area contributed by atoms with Crippen molar-refractivity contribution in [3.8, 4) is 0 Å². The van der Waals surface area contributed by atoms with Gasteiger partial charge in [0, 0.05) is 11.3 Å². The molecule has 5 nitrogen and oxygen atoms in total. The van der Waals surface area contributed by atoms with Crippen LogP contribution in [-0.4, -0.2) is 41.8 Å². The Hall–Kier alpha value is -0.830. The quantitative estimate of drug-likeness (QED) is 0.874. The predicted octanol–water partition coefficient (Wildman–Crippen LogP) is 2.46. The van der Waals surface area contributed by atoms with Gasteiger partial charge in [-0.2, -0.15) is 4.31 Å². The van der Waals surface area contributed by atoms with Gasteiger partial charge in [0.2, 0.25) is 15.9 Å². The molecule has 0 spiro atoms. The van der Waals surface area contributed by atoms with Crippen LogP contribution in [0.1, 0.15) is 20.8 Å². The molecule has 0 saturated carbocycles. The Balaban J connectivity index is 2.35. The van der Waals surface area contributed by atoms with Crippen LogP contribution in [-0.2, 0) is 14.8 Å². The molecule has 1 fully saturated rings. The van der Waals surface area contributed by atoms with Gasteiger partial charge < -0.3 is 5.32 Å². The third-order valence-electron chi connectivity index (χ3n) is 3.12. The van der Waals surface area contributed by atoms with Gasteiger partial charge in [0.25, 0.3) is 0 Å². The normalized spacial score (nSPS) is 19.8. The van der Waals surface area contributed by atoms with E-state index in [0.717, 1.165) is 16.4 Å². The van der Waals surface area contributed by atoms with Gasteiger partial charge in [-0.1, -0.05) is 11.6 Å². The summed E-state index contributed by atoms with van der Waals surface area (Å²) >= 11 is 7.24. The first-order valence-electron chi connectivity index (χ1n) is 6.89. The number of rotatable bonds is 3. The minimum absolute atomic E-state index is 0.0710. The summed E-state index contributed by atoms with van der Waals surface area (Å²) in [6, 6.07) is 2.31. The smallest absolute Gasteiger partial charge is 0.246 e. The highest BCUT2D eigenvalue weighted by atomic mass is 35.5. The molecule has 1 N–H and O–H groups in total. The van der Waals surface area contributed by atoms with Crippen LogP contribution in [0.5, 0.6) is 0 Å². The molecule has 0 bridgehead atoms. The number of nitrogens with one attached hydrogen (secondary N) is 1. The maximum atomic E-state index is 13.4. The summed E-state index contributed by atoms with van der Waals surface area (Å²) < 4.78 is 40.0. The van der Waals surface area contributed by atoms with Crippen LogP contribution < -0.4 is 5.32 Å². The van der Waals surface area contributed by atoms with Gasteiger partial charge in [0.1, 0.15) is 16.8 Å². The molecule has 128 valence electrons. The van der Waals surface area contributed by atoms with Gasteiger partial charge in [-0.05, 0) is 39.0 Å². The zero-order valence-corrected chi connectivity index (χ0v) is 15.4. The van der Waals surface area contributed by atoms with Crippen LogP contribution in [0.4, 0.5) is 4.39 Å². The number of hydrogen-bond donors (Lipinski definition) is 1. The van der Waals surface area contributed by atoms with E-state index in [9.17, 15) is 17.6 Å². The fourth-order valence-corrected chi connectivity index (χ4v) is 5.76. The average molecular weight is 381 g/mol. The lowest BCUT2D eigenvalue weighted by Crippen LogP contribution is -2.52. The van der Waals surface area contributed by atoms with Crippen molar-refractivity contribution in [3.63, 3.8) is 0 Å². The van der Waals surface area contributed by atoms with E-state index < -0.39 is 27.4 Å².